The average Bonchev–Trinajstić information content (AvgIpc) is 3.22. The summed E-state index contributed by atoms with van der Waals surface area (Å²) >= 11 is 9.06. The van der Waals surface area contributed by atoms with Crippen molar-refractivity contribution < 1.29 is 4.79 Å². The van der Waals surface area contributed by atoms with E-state index in [-0.39, 0.29) is 5.91 Å². The number of halogens is 1. The number of carbonyl (C=O) groups is 1. The highest BCUT2D eigenvalue weighted by Gasteiger charge is 2.19. The van der Waals surface area contributed by atoms with Gasteiger partial charge in [-0.1, -0.05) is 41.1 Å². The third kappa shape index (κ3) is 2.89. The summed E-state index contributed by atoms with van der Waals surface area (Å²) in [6.45, 7) is 0. The number of nitrogens with zero attached hydrogens (tertiary/aromatic N) is 2. The van der Waals surface area contributed by atoms with Gasteiger partial charge < -0.3 is 0 Å². The molecule has 1 aliphatic carbocycles. The zero-order valence-corrected chi connectivity index (χ0v) is 14.4. The molecular weight excluding hydrogens is 350 g/mol. The van der Waals surface area contributed by atoms with Crippen LogP contribution in [0.3, 0.4) is 0 Å². The monoisotopic (exact) mass is 361 g/mol. The van der Waals surface area contributed by atoms with Crippen molar-refractivity contribution >= 4 is 45.3 Å². The van der Waals surface area contributed by atoms with Gasteiger partial charge in [0.05, 0.1) is 9.90 Å². The molecule has 0 saturated carbocycles. The maximum atomic E-state index is 12.3. The Morgan fingerprint density at radius 1 is 1.17 bits per heavy atom. The number of carbonyl (C=O) groups excluding carboxylic acids is 1. The summed E-state index contributed by atoms with van der Waals surface area (Å²) in [6.07, 6.45) is 3.36. The molecule has 4 nitrogen and oxygen atoms in total. The number of amides is 1. The number of hydrogen-bond donors (Lipinski definition) is 1. The number of fused-ring (bicyclic) bond motifs is 1. The molecule has 0 fully saturated rings. The Kier molecular flexibility index (Phi) is 3.88. The van der Waals surface area contributed by atoms with Gasteiger partial charge in [0.2, 0.25) is 5.13 Å². The Balaban J connectivity index is 1.53. The van der Waals surface area contributed by atoms with Gasteiger partial charge in [0.1, 0.15) is 0 Å². The van der Waals surface area contributed by atoms with Gasteiger partial charge in [-0.15, -0.1) is 21.5 Å². The summed E-state index contributed by atoms with van der Waals surface area (Å²) in [6, 6.07) is 9.46. The average molecular weight is 362 g/mol. The first kappa shape index (κ1) is 14.8. The zero-order chi connectivity index (χ0) is 15.8. The van der Waals surface area contributed by atoms with Crippen molar-refractivity contribution in [3.63, 3.8) is 0 Å². The SMILES string of the molecule is O=C(Nc1nnc(-c2ccccc2Cl)s1)c1cc2c(s1)CCC2. The van der Waals surface area contributed by atoms with Gasteiger partial charge in [-0.3, -0.25) is 10.1 Å². The molecule has 116 valence electrons. The molecule has 3 aromatic rings. The molecule has 0 radical (unpaired) electrons. The lowest BCUT2D eigenvalue weighted by Crippen LogP contribution is -2.09. The largest absolute Gasteiger partial charge is 0.296 e. The summed E-state index contributed by atoms with van der Waals surface area (Å²) in [5.74, 6) is -0.119. The molecule has 1 aromatic carbocycles. The van der Waals surface area contributed by atoms with E-state index in [2.05, 4.69) is 15.5 Å². The van der Waals surface area contributed by atoms with Crippen LogP contribution in [0.1, 0.15) is 26.5 Å². The fourth-order valence-electron chi connectivity index (χ4n) is 2.62. The second kappa shape index (κ2) is 6.03. The normalized spacial score (nSPS) is 13.1. The first-order chi connectivity index (χ1) is 11.2. The molecule has 0 saturated heterocycles. The standard InChI is InChI=1S/C16H12ClN3OS2/c17-11-6-2-1-5-10(11)15-19-20-16(23-15)18-14(21)13-8-9-4-3-7-12(9)22-13/h1-2,5-6,8H,3-4,7H2,(H,18,20,21). The fourth-order valence-corrected chi connectivity index (χ4v) is 4.83. The Labute approximate surface area is 146 Å². The number of aryl methyl sites for hydroxylation is 2. The van der Waals surface area contributed by atoms with E-state index >= 15 is 0 Å². The lowest BCUT2D eigenvalue weighted by atomic mass is 10.2. The summed E-state index contributed by atoms with van der Waals surface area (Å²) in [7, 11) is 0. The number of benzene rings is 1. The molecule has 4 rings (SSSR count). The number of hydrogen-bond acceptors (Lipinski definition) is 5. The Bertz CT molecular complexity index is 866. The number of rotatable bonds is 3. The first-order valence-electron chi connectivity index (χ1n) is 7.22. The molecule has 7 heteroatoms. The van der Waals surface area contributed by atoms with Crippen LogP contribution in [0.2, 0.25) is 5.02 Å². The smallest absolute Gasteiger partial charge is 0.267 e. The first-order valence-corrected chi connectivity index (χ1v) is 9.23. The zero-order valence-electron chi connectivity index (χ0n) is 12.0. The van der Waals surface area contributed by atoms with Crippen LogP contribution in [0.25, 0.3) is 10.6 Å². The van der Waals surface area contributed by atoms with Gasteiger partial charge in [0.15, 0.2) is 5.01 Å². The maximum Gasteiger partial charge on any atom is 0.267 e. The van der Waals surface area contributed by atoms with Crippen LogP contribution < -0.4 is 5.32 Å². The molecule has 0 atom stereocenters. The van der Waals surface area contributed by atoms with Crippen molar-refractivity contribution in [1.29, 1.82) is 0 Å². The number of nitrogens with one attached hydrogen (secondary N) is 1. The number of aromatic nitrogens is 2. The molecule has 0 unspecified atom stereocenters. The highest BCUT2D eigenvalue weighted by Crippen LogP contribution is 2.33. The molecule has 1 amide bonds. The van der Waals surface area contributed by atoms with E-state index < -0.39 is 0 Å². The lowest BCUT2D eigenvalue weighted by molar-refractivity contribution is 0.103. The second-order valence-electron chi connectivity index (χ2n) is 5.26. The molecule has 1 N–H and O–H groups in total. The minimum Gasteiger partial charge on any atom is -0.296 e. The van der Waals surface area contributed by atoms with E-state index in [1.54, 1.807) is 11.3 Å². The highest BCUT2D eigenvalue weighted by molar-refractivity contribution is 7.19. The van der Waals surface area contributed by atoms with Crippen molar-refractivity contribution in [2.45, 2.75) is 19.3 Å². The van der Waals surface area contributed by atoms with E-state index in [9.17, 15) is 4.79 Å². The van der Waals surface area contributed by atoms with Crippen molar-refractivity contribution in [2.24, 2.45) is 0 Å². The quantitative estimate of drug-likeness (QED) is 0.738. The summed E-state index contributed by atoms with van der Waals surface area (Å²) < 4.78 is 0. The summed E-state index contributed by atoms with van der Waals surface area (Å²) in [4.78, 5) is 14.4. The summed E-state index contributed by atoms with van der Waals surface area (Å²) in [5.41, 5.74) is 2.14. The van der Waals surface area contributed by atoms with Crippen LogP contribution in [0.15, 0.2) is 30.3 Å². The van der Waals surface area contributed by atoms with Gasteiger partial charge in [0, 0.05) is 10.4 Å². The van der Waals surface area contributed by atoms with Crippen LogP contribution in [0.5, 0.6) is 0 Å². The van der Waals surface area contributed by atoms with Gasteiger partial charge in [-0.25, -0.2) is 0 Å². The molecule has 0 bridgehead atoms. The molecule has 0 spiro atoms. The molecule has 2 aromatic heterocycles. The van der Waals surface area contributed by atoms with E-state index in [4.69, 9.17) is 11.6 Å². The van der Waals surface area contributed by atoms with Crippen LogP contribution in [0.4, 0.5) is 5.13 Å². The van der Waals surface area contributed by atoms with Gasteiger partial charge in [-0.2, -0.15) is 0 Å². The molecule has 2 heterocycles. The number of thiophene rings is 1. The predicted octanol–water partition coefficient (Wildman–Crippen LogP) is 4.66. The van der Waals surface area contributed by atoms with Crippen molar-refractivity contribution in [3.8, 4) is 10.6 Å². The third-order valence-corrected chi connectivity index (χ3v) is 6.16. The Morgan fingerprint density at radius 2 is 2.04 bits per heavy atom. The van der Waals surface area contributed by atoms with Crippen molar-refractivity contribution in [3.05, 3.63) is 50.7 Å². The van der Waals surface area contributed by atoms with Crippen LogP contribution in [-0.2, 0) is 12.8 Å². The topological polar surface area (TPSA) is 54.9 Å². The van der Waals surface area contributed by atoms with Gasteiger partial charge in [0.25, 0.3) is 5.91 Å². The summed E-state index contributed by atoms with van der Waals surface area (Å²) in [5, 5.41) is 12.8. The van der Waals surface area contributed by atoms with E-state index in [1.807, 2.05) is 30.3 Å². The maximum absolute atomic E-state index is 12.3. The lowest BCUT2D eigenvalue weighted by Gasteiger charge is -1.98. The van der Waals surface area contributed by atoms with E-state index in [0.717, 1.165) is 23.3 Å². The van der Waals surface area contributed by atoms with Crippen molar-refractivity contribution in [1.82, 2.24) is 10.2 Å². The minimum atomic E-state index is -0.119. The van der Waals surface area contributed by atoms with E-state index in [1.165, 1.54) is 28.2 Å². The fraction of sp³-hybridized carbons (Fsp3) is 0.188. The van der Waals surface area contributed by atoms with Crippen LogP contribution in [0, 0.1) is 0 Å². The Morgan fingerprint density at radius 3 is 2.87 bits per heavy atom. The third-order valence-electron chi connectivity index (χ3n) is 3.72. The second-order valence-corrected chi connectivity index (χ2v) is 7.78. The van der Waals surface area contributed by atoms with Gasteiger partial charge in [-0.05, 0) is 37.0 Å². The molecular formula is C16H12ClN3OS2. The predicted molar refractivity (Wildman–Crippen MR) is 94.7 cm³/mol. The Hall–Kier alpha value is -1.76. The molecule has 23 heavy (non-hydrogen) atoms. The molecule has 1 aliphatic rings. The molecule has 0 aliphatic heterocycles. The van der Waals surface area contributed by atoms with Gasteiger partial charge >= 0.3 is 0 Å². The van der Waals surface area contributed by atoms with Crippen LogP contribution in [-0.4, -0.2) is 16.1 Å². The number of anilines is 1. The van der Waals surface area contributed by atoms with E-state index in [0.29, 0.717) is 15.2 Å². The van der Waals surface area contributed by atoms with Crippen LogP contribution >= 0.6 is 34.3 Å². The minimum absolute atomic E-state index is 0.119. The van der Waals surface area contributed by atoms with Crippen molar-refractivity contribution in [2.75, 3.05) is 5.32 Å². The highest BCUT2D eigenvalue weighted by atomic mass is 35.5.